The summed E-state index contributed by atoms with van der Waals surface area (Å²) in [4.78, 5) is 24.2. The minimum Gasteiger partial charge on any atom is -0.484 e. The standard InChI is InChI=1S/C24H23BrN2O3/c1-17-15-21(12-13-22(17)25)30-16-24(29)27-20-10-8-19(9-11-20)26-23(28)14-7-18-5-3-2-4-6-18/h2-6,8-13,15H,7,14,16H2,1H3,(H,26,28)(H,27,29). The zero-order valence-corrected chi connectivity index (χ0v) is 18.2. The van der Waals surface area contributed by atoms with Crippen LogP contribution in [0.5, 0.6) is 5.75 Å². The van der Waals surface area contributed by atoms with Crippen molar-refractivity contribution in [1.82, 2.24) is 0 Å². The van der Waals surface area contributed by atoms with E-state index in [-0.39, 0.29) is 18.4 Å². The monoisotopic (exact) mass is 466 g/mol. The van der Waals surface area contributed by atoms with Gasteiger partial charge in [-0.05, 0) is 66.9 Å². The molecule has 0 aliphatic rings. The van der Waals surface area contributed by atoms with E-state index >= 15 is 0 Å². The van der Waals surface area contributed by atoms with Crippen molar-refractivity contribution in [3.05, 3.63) is 88.4 Å². The maximum atomic E-state index is 12.1. The van der Waals surface area contributed by atoms with E-state index in [2.05, 4.69) is 26.6 Å². The number of ether oxygens (including phenoxy) is 1. The number of aryl methyl sites for hydroxylation is 2. The molecule has 3 aromatic rings. The maximum absolute atomic E-state index is 12.1. The van der Waals surface area contributed by atoms with E-state index in [1.807, 2.05) is 49.4 Å². The molecule has 0 saturated carbocycles. The lowest BCUT2D eigenvalue weighted by molar-refractivity contribution is -0.118. The number of hydrogen-bond acceptors (Lipinski definition) is 3. The van der Waals surface area contributed by atoms with Crippen LogP contribution in [0, 0.1) is 6.92 Å². The third-order valence-electron chi connectivity index (χ3n) is 4.44. The Morgan fingerprint density at radius 1 is 0.867 bits per heavy atom. The van der Waals surface area contributed by atoms with Crippen molar-refractivity contribution in [2.75, 3.05) is 17.2 Å². The second kappa shape index (κ2) is 10.6. The molecule has 2 amide bonds. The largest absolute Gasteiger partial charge is 0.484 e. The molecule has 6 heteroatoms. The SMILES string of the molecule is Cc1cc(OCC(=O)Nc2ccc(NC(=O)CCc3ccccc3)cc2)ccc1Br. The summed E-state index contributed by atoms with van der Waals surface area (Å²) in [6, 6.07) is 22.5. The van der Waals surface area contributed by atoms with Crippen LogP contribution in [0.2, 0.25) is 0 Å². The van der Waals surface area contributed by atoms with Crippen molar-refractivity contribution in [1.29, 1.82) is 0 Å². The molecule has 154 valence electrons. The smallest absolute Gasteiger partial charge is 0.262 e. The third-order valence-corrected chi connectivity index (χ3v) is 5.33. The summed E-state index contributed by atoms with van der Waals surface area (Å²) in [7, 11) is 0. The summed E-state index contributed by atoms with van der Waals surface area (Å²) in [5, 5.41) is 5.65. The van der Waals surface area contributed by atoms with Crippen LogP contribution in [0.15, 0.2) is 77.3 Å². The number of benzene rings is 3. The Hall–Kier alpha value is -3.12. The number of halogens is 1. The van der Waals surface area contributed by atoms with Gasteiger partial charge in [-0.1, -0.05) is 46.3 Å². The first kappa shape index (κ1) is 21.6. The number of nitrogens with one attached hydrogen (secondary N) is 2. The molecule has 0 spiro atoms. The fourth-order valence-corrected chi connectivity index (χ4v) is 3.06. The highest BCUT2D eigenvalue weighted by Gasteiger charge is 2.07. The average Bonchev–Trinajstić information content (AvgIpc) is 2.75. The first-order valence-electron chi connectivity index (χ1n) is 9.62. The molecule has 0 fully saturated rings. The van der Waals surface area contributed by atoms with Gasteiger partial charge in [0.25, 0.3) is 5.91 Å². The van der Waals surface area contributed by atoms with Crippen LogP contribution in [0.25, 0.3) is 0 Å². The van der Waals surface area contributed by atoms with E-state index in [1.165, 1.54) is 0 Å². The van der Waals surface area contributed by atoms with Crippen LogP contribution in [0.1, 0.15) is 17.5 Å². The Morgan fingerprint density at radius 3 is 2.13 bits per heavy atom. The number of carbonyl (C=O) groups excluding carboxylic acids is 2. The van der Waals surface area contributed by atoms with E-state index < -0.39 is 0 Å². The first-order valence-corrected chi connectivity index (χ1v) is 10.4. The van der Waals surface area contributed by atoms with E-state index in [1.54, 1.807) is 30.3 Å². The molecule has 0 saturated heterocycles. The first-order chi connectivity index (χ1) is 14.5. The fourth-order valence-electron chi connectivity index (χ4n) is 2.82. The van der Waals surface area contributed by atoms with Crippen molar-refractivity contribution >= 4 is 39.1 Å². The Kier molecular flexibility index (Phi) is 7.63. The van der Waals surface area contributed by atoms with Gasteiger partial charge in [-0.2, -0.15) is 0 Å². The molecular weight excluding hydrogens is 444 g/mol. The normalized spacial score (nSPS) is 10.3. The van der Waals surface area contributed by atoms with Crippen LogP contribution in [0.3, 0.4) is 0 Å². The average molecular weight is 467 g/mol. The number of rotatable bonds is 8. The minimum atomic E-state index is -0.254. The molecule has 0 heterocycles. The van der Waals surface area contributed by atoms with Gasteiger partial charge in [0.05, 0.1) is 0 Å². The number of anilines is 2. The lowest BCUT2D eigenvalue weighted by atomic mass is 10.1. The fraction of sp³-hybridized carbons (Fsp3) is 0.167. The molecule has 0 aromatic heterocycles. The number of amides is 2. The lowest BCUT2D eigenvalue weighted by Gasteiger charge is -2.10. The van der Waals surface area contributed by atoms with Gasteiger partial charge >= 0.3 is 0 Å². The molecule has 2 N–H and O–H groups in total. The number of hydrogen-bond donors (Lipinski definition) is 2. The van der Waals surface area contributed by atoms with Crippen LogP contribution < -0.4 is 15.4 Å². The van der Waals surface area contributed by atoms with Crippen molar-refractivity contribution in [2.45, 2.75) is 19.8 Å². The van der Waals surface area contributed by atoms with Gasteiger partial charge in [-0.15, -0.1) is 0 Å². The van der Waals surface area contributed by atoms with Gasteiger partial charge in [0.1, 0.15) is 5.75 Å². The van der Waals surface area contributed by atoms with Gasteiger partial charge in [0, 0.05) is 22.3 Å². The molecule has 0 aliphatic heterocycles. The van der Waals surface area contributed by atoms with Crippen molar-refractivity contribution in [3.8, 4) is 5.75 Å². The predicted molar refractivity (Wildman–Crippen MR) is 123 cm³/mol. The second-order valence-corrected chi connectivity index (χ2v) is 7.71. The topological polar surface area (TPSA) is 67.4 Å². The highest BCUT2D eigenvalue weighted by Crippen LogP contribution is 2.21. The molecule has 0 bridgehead atoms. The molecule has 0 radical (unpaired) electrons. The number of carbonyl (C=O) groups is 2. The molecule has 0 unspecified atom stereocenters. The molecule has 3 aromatic carbocycles. The van der Waals surface area contributed by atoms with Crippen LogP contribution in [-0.4, -0.2) is 18.4 Å². The van der Waals surface area contributed by atoms with Crippen molar-refractivity contribution in [2.24, 2.45) is 0 Å². The minimum absolute atomic E-state index is 0.0474. The predicted octanol–water partition coefficient (Wildman–Crippen LogP) is 5.35. The quantitative estimate of drug-likeness (QED) is 0.470. The molecule has 0 atom stereocenters. The zero-order chi connectivity index (χ0) is 21.3. The van der Waals surface area contributed by atoms with E-state index in [9.17, 15) is 9.59 Å². The van der Waals surface area contributed by atoms with Crippen molar-refractivity contribution < 1.29 is 14.3 Å². The second-order valence-electron chi connectivity index (χ2n) is 6.86. The summed E-state index contributed by atoms with van der Waals surface area (Å²) in [5.74, 6) is 0.337. The summed E-state index contributed by atoms with van der Waals surface area (Å²) in [6.07, 6.45) is 1.11. The Bertz CT molecular complexity index is 1000. The van der Waals surface area contributed by atoms with Gasteiger partial charge < -0.3 is 15.4 Å². The van der Waals surface area contributed by atoms with Crippen LogP contribution in [-0.2, 0) is 16.0 Å². The zero-order valence-electron chi connectivity index (χ0n) is 16.7. The Balaban J connectivity index is 1.43. The third kappa shape index (κ3) is 6.74. The Morgan fingerprint density at radius 2 is 1.50 bits per heavy atom. The van der Waals surface area contributed by atoms with Gasteiger partial charge in [0.15, 0.2) is 6.61 Å². The van der Waals surface area contributed by atoms with E-state index in [0.717, 1.165) is 15.6 Å². The lowest BCUT2D eigenvalue weighted by Crippen LogP contribution is -2.20. The van der Waals surface area contributed by atoms with Crippen LogP contribution >= 0.6 is 15.9 Å². The molecule has 0 aliphatic carbocycles. The van der Waals surface area contributed by atoms with E-state index in [0.29, 0.717) is 30.0 Å². The van der Waals surface area contributed by atoms with E-state index in [4.69, 9.17) is 4.74 Å². The summed E-state index contributed by atoms with van der Waals surface area (Å²) < 4.78 is 6.52. The molecular formula is C24H23BrN2O3. The van der Waals surface area contributed by atoms with Gasteiger partial charge in [-0.25, -0.2) is 0 Å². The van der Waals surface area contributed by atoms with Gasteiger partial charge in [0.2, 0.25) is 5.91 Å². The van der Waals surface area contributed by atoms with Crippen LogP contribution in [0.4, 0.5) is 11.4 Å². The summed E-state index contributed by atoms with van der Waals surface area (Å²) >= 11 is 3.43. The molecule has 5 nitrogen and oxygen atoms in total. The molecule has 3 rings (SSSR count). The highest BCUT2D eigenvalue weighted by atomic mass is 79.9. The van der Waals surface area contributed by atoms with Gasteiger partial charge in [-0.3, -0.25) is 9.59 Å². The summed E-state index contributed by atoms with van der Waals surface area (Å²) in [6.45, 7) is 1.87. The van der Waals surface area contributed by atoms with Crippen molar-refractivity contribution in [3.63, 3.8) is 0 Å². The Labute approximate surface area is 184 Å². The maximum Gasteiger partial charge on any atom is 0.262 e. The summed E-state index contributed by atoms with van der Waals surface area (Å²) in [5.41, 5.74) is 3.49. The molecule has 30 heavy (non-hydrogen) atoms. The highest BCUT2D eigenvalue weighted by molar-refractivity contribution is 9.10.